The van der Waals surface area contributed by atoms with Gasteiger partial charge in [-0.25, -0.2) is 0 Å². The van der Waals surface area contributed by atoms with Crippen LogP contribution in [0.1, 0.15) is 39.5 Å². The molecule has 0 bridgehead atoms. The normalized spacial score (nSPS) is 40.1. The van der Waals surface area contributed by atoms with E-state index in [4.69, 9.17) is 0 Å². The fourth-order valence-electron chi connectivity index (χ4n) is 3.34. The summed E-state index contributed by atoms with van der Waals surface area (Å²) in [7, 11) is 0. The van der Waals surface area contributed by atoms with Gasteiger partial charge in [0.05, 0.1) is 12.2 Å². The van der Waals surface area contributed by atoms with Crippen LogP contribution >= 0.6 is 0 Å². The second-order valence-corrected chi connectivity index (χ2v) is 5.84. The number of hydrogen-bond acceptors (Lipinski definition) is 3. The van der Waals surface area contributed by atoms with Crippen LogP contribution in [0.15, 0.2) is 11.1 Å². The zero-order chi connectivity index (χ0) is 12.6. The Hall–Kier alpha value is -0.380. The monoisotopic (exact) mass is 240 g/mol. The maximum absolute atomic E-state index is 9.93. The molecule has 0 amide bonds. The van der Waals surface area contributed by atoms with Gasteiger partial charge in [0.2, 0.25) is 0 Å². The van der Waals surface area contributed by atoms with Gasteiger partial charge in [0, 0.05) is 12.5 Å². The van der Waals surface area contributed by atoms with Crippen molar-refractivity contribution < 1.29 is 15.3 Å². The molecule has 2 aliphatic carbocycles. The van der Waals surface area contributed by atoms with Crippen molar-refractivity contribution in [3.05, 3.63) is 11.1 Å². The van der Waals surface area contributed by atoms with E-state index in [9.17, 15) is 15.3 Å². The van der Waals surface area contributed by atoms with E-state index in [1.165, 1.54) is 11.1 Å². The third-order valence-electron chi connectivity index (χ3n) is 4.76. The quantitative estimate of drug-likeness (QED) is 0.641. The first-order chi connectivity index (χ1) is 8.04. The number of rotatable bonds is 2. The average molecular weight is 240 g/mol. The molecule has 5 atom stereocenters. The number of hydrogen-bond donors (Lipinski definition) is 3. The molecule has 0 saturated heterocycles. The summed E-state index contributed by atoms with van der Waals surface area (Å²) in [5.74, 6) is 0.936. The predicted molar refractivity (Wildman–Crippen MR) is 66.4 cm³/mol. The molecule has 17 heavy (non-hydrogen) atoms. The van der Waals surface area contributed by atoms with Crippen molar-refractivity contribution in [2.24, 2.45) is 17.8 Å². The molecule has 3 heteroatoms. The molecule has 3 N–H and O–H groups in total. The smallest absolute Gasteiger partial charge is 0.0864 e. The van der Waals surface area contributed by atoms with E-state index in [0.717, 1.165) is 19.3 Å². The minimum absolute atomic E-state index is 0.0717. The van der Waals surface area contributed by atoms with Crippen LogP contribution in [0.2, 0.25) is 0 Å². The second-order valence-electron chi connectivity index (χ2n) is 5.84. The first-order valence-corrected chi connectivity index (χ1v) is 6.72. The summed E-state index contributed by atoms with van der Waals surface area (Å²) >= 11 is 0. The van der Waals surface area contributed by atoms with Crippen molar-refractivity contribution in [2.75, 3.05) is 6.61 Å². The zero-order valence-electron chi connectivity index (χ0n) is 10.8. The third kappa shape index (κ3) is 2.42. The SMILES string of the molecule is CC(CO)C1CCC2=C(C1)C(C)C(O)C(O)C2. The lowest BCUT2D eigenvalue weighted by atomic mass is 9.69. The summed E-state index contributed by atoms with van der Waals surface area (Å²) in [5.41, 5.74) is 2.70. The molecule has 0 heterocycles. The summed E-state index contributed by atoms with van der Waals surface area (Å²) in [6, 6.07) is 0. The Kier molecular flexibility index (Phi) is 3.91. The van der Waals surface area contributed by atoms with Crippen LogP contribution in [0.5, 0.6) is 0 Å². The molecule has 0 saturated carbocycles. The van der Waals surface area contributed by atoms with Crippen LogP contribution < -0.4 is 0 Å². The molecule has 0 aromatic heterocycles. The van der Waals surface area contributed by atoms with Crippen molar-refractivity contribution in [1.82, 2.24) is 0 Å². The highest BCUT2D eigenvalue weighted by Crippen LogP contribution is 2.43. The molecule has 5 unspecified atom stereocenters. The van der Waals surface area contributed by atoms with E-state index >= 15 is 0 Å². The van der Waals surface area contributed by atoms with Crippen molar-refractivity contribution in [2.45, 2.75) is 51.7 Å². The average Bonchev–Trinajstić information content (AvgIpc) is 2.35. The van der Waals surface area contributed by atoms with Crippen LogP contribution in [-0.2, 0) is 0 Å². The highest BCUT2D eigenvalue weighted by atomic mass is 16.3. The van der Waals surface area contributed by atoms with Crippen molar-refractivity contribution in [3.63, 3.8) is 0 Å². The Morgan fingerprint density at radius 3 is 2.65 bits per heavy atom. The lowest BCUT2D eigenvalue weighted by Gasteiger charge is -2.40. The van der Waals surface area contributed by atoms with Gasteiger partial charge in [-0.15, -0.1) is 0 Å². The van der Waals surface area contributed by atoms with E-state index in [1.54, 1.807) is 0 Å². The van der Waals surface area contributed by atoms with Gasteiger partial charge in [0.15, 0.2) is 0 Å². The lowest BCUT2D eigenvalue weighted by molar-refractivity contribution is -0.0155. The van der Waals surface area contributed by atoms with Crippen LogP contribution in [-0.4, -0.2) is 34.1 Å². The van der Waals surface area contributed by atoms with Gasteiger partial charge in [-0.05, 0) is 37.5 Å². The second kappa shape index (κ2) is 5.09. The van der Waals surface area contributed by atoms with Gasteiger partial charge in [-0.1, -0.05) is 25.0 Å². The van der Waals surface area contributed by atoms with E-state index in [-0.39, 0.29) is 12.5 Å². The highest BCUT2D eigenvalue weighted by Gasteiger charge is 2.37. The first-order valence-electron chi connectivity index (χ1n) is 6.72. The van der Waals surface area contributed by atoms with Gasteiger partial charge < -0.3 is 15.3 Å². The molecule has 0 aromatic rings. The summed E-state index contributed by atoms with van der Waals surface area (Å²) in [6.45, 7) is 4.34. The van der Waals surface area contributed by atoms with Crippen LogP contribution in [0.25, 0.3) is 0 Å². The molecule has 3 nitrogen and oxygen atoms in total. The Morgan fingerprint density at radius 1 is 1.29 bits per heavy atom. The van der Waals surface area contributed by atoms with Crippen LogP contribution in [0.4, 0.5) is 0 Å². The standard InChI is InChI=1S/C14H24O3/c1-8(7-15)10-3-4-11-6-13(16)14(17)9(2)12(11)5-10/h8-10,13-17H,3-7H2,1-2H3. The summed E-state index contributed by atoms with van der Waals surface area (Å²) in [5, 5.41) is 29.0. The molecule has 98 valence electrons. The maximum atomic E-state index is 9.93. The van der Waals surface area contributed by atoms with Gasteiger partial charge in [0.25, 0.3) is 0 Å². The van der Waals surface area contributed by atoms with Gasteiger partial charge in [-0.3, -0.25) is 0 Å². The van der Waals surface area contributed by atoms with Crippen LogP contribution in [0, 0.1) is 17.8 Å². The molecule has 0 radical (unpaired) electrons. The maximum Gasteiger partial charge on any atom is 0.0864 e. The van der Waals surface area contributed by atoms with Gasteiger partial charge in [-0.2, -0.15) is 0 Å². The zero-order valence-corrected chi connectivity index (χ0v) is 10.8. The number of aliphatic hydroxyl groups is 3. The molecule has 0 spiro atoms. The molecule has 0 aromatic carbocycles. The Balaban J connectivity index is 2.15. The minimum Gasteiger partial charge on any atom is -0.396 e. The molecule has 2 rings (SSSR count). The van der Waals surface area contributed by atoms with E-state index in [2.05, 4.69) is 6.92 Å². The molecular formula is C14H24O3. The Labute approximate surface area is 103 Å². The summed E-state index contributed by atoms with van der Waals surface area (Å²) in [4.78, 5) is 0. The minimum atomic E-state index is -0.614. The summed E-state index contributed by atoms with van der Waals surface area (Å²) < 4.78 is 0. The Morgan fingerprint density at radius 2 is 2.00 bits per heavy atom. The molecule has 0 aliphatic heterocycles. The first kappa shape index (κ1) is 13.1. The highest BCUT2D eigenvalue weighted by molar-refractivity contribution is 5.26. The van der Waals surface area contributed by atoms with Gasteiger partial charge >= 0.3 is 0 Å². The third-order valence-corrected chi connectivity index (χ3v) is 4.76. The number of aliphatic hydroxyl groups excluding tert-OH is 3. The van der Waals surface area contributed by atoms with E-state index < -0.39 is 12.2 Å². The lowest BCUT2D eigenvalue weighted by Crippen LogP contribution is -2.39. The summed E-state index contributed by atoms with van der Waals surface area (Å²) in [6.07, 6.45) is 2.56. The van der Waals surface area contributed by atoms with Crippen molar-refractivity contribution in [1.29, 1.82) is 0 Å². The molecule has 0 fully saturated rings. The topological polar surface area (TPSA) is 60.7 Å². The Bertz CT molecular complexity index is 311. The predicted octanol–water partition coefficient (Wildman–Crippen LogP) is 1.47. The van der Waals surface area contributed by atoms with E-state index in [1.807, 2.05) is 6.92 Å². The largest absolute Gasteiger partial charge is 0.396 e. The fourth-order valence-corrected chi connectivity index (χ4v) is 3.34. The van der Waals surface area contributed by atoms with Crippen LogP contribution in [0.3, 0.4) is 0 Å². The van der Waals surface area contributed by atoms with Crippen molar-refractivity contribution in [3.8, 4) is 0 Å². The fraction of sp³-hybridized carbons (Fsp3) is 0.857. The molecular weight excluding hydrogens is 216 g/mol. The van der Waals surface area contributed by atoms with Crippen molar-refractivity contribution >= 4 is 0 Å². The van der Waals surface area contributed by atoms with E-state index in [0.29, 0.717) is 18.3 Å². The molecule has 2 aliphatic rings. The van der Waals surface area contributed by atoms with Gasteiger partial charge in [0.1, 0.15) is 0 Å².